The molecule has 3 N–H and O–H groups in total. The highest BCUT2D eigenvalue weighted by molar-refractivity contribution is 7.75. The summed E-state index contributed by atoms with van der Waals surface area (Å²) in [4.78, 5) is 0. The van der Waals surface area contributed by atoms with Crippen LogP contribution < -0.4 is 6.15 Å². The van der Waals surface area contributed by atoms with E-state index in [2.05, 4.69) is 27.7 Å². The van der Waals surface area contributed by atoms with E-state index in [1.807, 2.05) is 0 Å². The Labute approximate surface area is 295 Å². The van der Waals surface area contributed by atoms with Crippen LogP contribution in [0.5, 0.6) is 0 Å². The maximum absolute atomic E-state index is 2.36. The van der Waals surface area contributed by atoms with Gasteiger partial charge in [0.1, 0.15) is 0 Å². The Hall–Kier alpha value is 0.680. The van der Waals surface area contributed by atoms with Crippen LogP contribution >= 0.6 is 19.7 Å². The van der Waals surface area contributed by atoms with E-state index in [1.54, 1.807) is 50.3 Å². The maximum Gasteiger partial charge on any atom is 0.0594 e. The van der Waals surface area contributed by atoms with Crippen molar-refractivity contribution in [2.45, 2.75) is 246 Å². The molecule has 3 heteroatoms. The van der Waals surface area contributed by atoms with Gasteiger partial charge in [-0.15, -0.1) is 12.4 Å². The van der Waals surface area contributed by atoms with Crippen LogP contribution in [0.25, 0.3) is 0 Å². The second kappa shape index (κ2) is 42.7. The highest BCUT2D eigenvalue weighted by Crippen LogP contribution is 2.61. The summed E-state index contributed by atoms with van der Waals surface area (Å²) in [6, 6.07) is 0. The molecule has 0 bridgehead atoms. The van der Waals surface area contributed by atoms with Gasteiger partial charge in [0.25, 0.3) is 0 Å². The number of hydrogen-bond donors (Lipinski definition) is 1. The molecular weight excluding hydrogens is 585 g/mol. The molecule has 0 unspecified atom stereocenters. The van der Waals surface area contributed by atoms with Gasteiger partial charge in [-0.25, -0.2) is 0 Å². The van der Waals surface area contributed by atoms with E-state index in [1.165, 1.54) is 193 Å². The lowest BCUT2D eigenvalue weighted by Crippen LogP contribution is -2.13. The Bertz CT molecular complexity index is 458. The van der Waals surface area contributed by atoms with E-state index in [0.717, 1.165) is 0 Å². The first-order valence-corrected chi connectivity index (χ1v) is 23.6. The molecule has 0 saturated carbocycles. The van der Waals surface area contributed by atoms with Crippen molar-refractivity contribution in [3.05, 3.63) is 0 Å². The van der Waals surface area contributed by atoms with Crippen molar-refractivity contribution < 1.29 is 0 Å². The van der Waals surface area contributed by atoms with E-state index < -0.39 is 7.26 Å². The van der Waals surface area contributed by atoms with Gasteiger partial charge < -0.3 is 6.15 Å². The highest BCUT2D eigenvalue weighted by Gasteiger charge is 2.35. The van der Waals surface area contributed by atoms with Gasteiger partial charge in [0.05, 0.1) is 24.6 Å². The van der Waals surface area contributed by atoms with E-state index in [4.69, 9.17) is 0 Å². The Morgan fingerprint density at radius 1 is 0.222 bits per heavy atom. The van der Waals surface area contributed by atoms with Crippen LogP contribution in [0, 0.1) is 0 Å². The first-order chi connectivity index (χ1) is 21.2. The van der Waals surface area contributed by atoms with E-state index in [0.29, 0.717) is 0 Å². The van der Waals surface area contributed by atoms with E-state index >= 15 is 0 Å². The van der Waals surface area contributed by atoms with Gasteiger partial charge in [-0.2, -0.15) is 0 Å². The number of hydrogen-bond acceptors (Lipinski definition) is 1. The van der Waals surface area contributed by atoms with Crippen molar-refractivity contribution in [2.75, 3.05) is 24.6 Å². The summed E-state index contributed by atoms with van der Waals surface area (Å²) in [5.74, 6) is 0. The molecule has 1 nitrogen and oxygen atoms in total. The smallest absolute Gasteiger partial charge is 0.0594 e. The lowest BCUT2D eigenvalue weighted by atomic mass is 10.0. The minimum absolute atomic E-state index is 0. The predicted molar refractivity (Wildman–Crippen MR) is 218 cm³/mol. The molecule has 0 aliphatic rings. The monoisotopic (exact) mass is 677 g/mol. The van der Waals surface area contributed by atoms with Crippen molar-refractivity contribution in [1.82, 2.24) is 6.15 Å². The standard InChI is InChI=1S/C42H88P.ClH.H3N/c1-5-9-13-17-21-22-23-24-25-26-27-28-29-30-34-38-42-43(39-35-31-18-14-10-6-2,40-36-32-19-15-11-7-3)41-37-33-20-16-12-8-4;;/h5-42H2,1-4H3;1H;1H3/q+1;;. The van der Waals surface area contributed by atoms with Crippen LogP contribution in [0.15, 0.2) is 0 Å². The van der Waals surface area contributed by atoms with Crippen LogP contribution in [-0.4, -0.2) is 24.6 Å². The quantitative estimate of drug-likeness (QED) is 0.0512. The Morgan fingerprint density at radius 3 is 0.511 bits per heavy atom. The Kier molecular flexibility index (Phi) is 47.5. The van der Waals surface area contributed by atoms with Gasteiger partial charge in [-0.3, -0.25) is 0 Å². The molecule has 0 atom stereocenters. The average molecular weight is 678 g/mol. The second-order valence-corrected chi connectivity index (χ2v) is 19.3. The summed E-state index contributed by atoms with van der Waals surface area (Å²) in [6.07, 6.45) is 57.2. The average Bonchev–Trinajstić information content (AvgIpc) is 3.02. The van der Waals surface area contributed by atoms with Crippen molar-refractivity contribution >= 4 is 19.7 Å². The van der Waals surface area contributed by atoms with Crippen molar-refractivity contribution in [3.63, 3.8) is 0 Å². The first-order valence-electron chi connectivity index (χ1n) is 21.1. The molecule has 0 radical (unpaired) electrons. The number of rotatable bonds is 38. The van der Waals surface area contributed by atoms with Gasteiger partial charge in [0.15, 0.2) is 0 Å². The molecule has 0 saturated heterocycles. The maximum atomic E-state index is 2.36. The summed E-state index contributed by atoms with van der Waals surface area (Å²) < 4.78 is 0. The molecule has 0 aliphatic carbocycles. The fraction of sp³-hybridized carbons (Fsp3) is 1.00. The molecule has 0 heterocycles. The van der Waals surface area contributed by atoms with Crippen LogP contribution in [0.2, 0.25) is 0 Å². The summed E-state index contributed by atoms with van der Waals surface area (Å²) >= 11 is 0. The van der Waals surface area contributed by atoms with E-state index in [-0.39, 0.29) is 18.6 Å². The molecule has 0 aromatic heterocycles. The van der Waals surface area contributed by atoms with Crippen molar-refractivity contribution in [2.24, 2.45) is 0 Å². The lowest BCUT2D eigenvalue weighted by Gasteiger charge is -2.28. The number of halogens is 1. The summed E-state index contributed by atoms with van der Waals surface area (Å²) in [5.41, 5.74) is 0. The molecular formula is C42H92ClNP+. The summed E-state index contributed by atoms with van der Waals surface area (Å²) in [5, 5.41) is 0. The summed E-state index contributed by atoms with van der Waals surface area (Å²) in [6.45, 7) is 9.39. The number of unbranched alkanes of at least 4 members (excludes halogenated alkanes) is 30. The Balaban J connectivity index is -0.00000882. The van der Waals surface area contributed by atoms with Crippen LogP contribution in [0.3, 0.4) is 0 Å². The minimum Gasteiger partial charge on any atom is -0.344 e. The van der Waals surface area contributed by atoms with Gasteiger partial charge in [0, 0.05) is 7.26 Å². The first kappa shape index (κ1) is 50.1. The molecule has 276 valence electrons. The molecule has 45 heavy (non-hydrogen) atoms. The predicted octanol–water partition coefficient (Wildman–Crippen LogP) is 16.9. The SMILES string of the molecule is CCCCCCCCCCCCCCCCCC[P+](CCCCCCCC)(CCCCCCCC)CCCCCCCC.Cl.N. The largest absolute Gasteiger partial charge is 0.344 e. The molecule has 0 fully saturated rings. The minimum atomic E-state index is -0.751. The van der Waals surface area contributed by atoms with Gasteiger partial charge in [-0.05, 0) is 51.4 Å². The van der Waals surface area contributed by atoms with E-state index in [9.17, 15) is 0 Å². The summed E-state index contributed by atoms with van der Waals surface area (Å²) in [7, 11) is -0.751. The fourth-order valence-corrected chi connectivity index (χ4v) is 12.3. The molecule has 0 rings (SSSR count). The normalized spacial score (nSPS) is 11.5. The molecule has 0 aromatic rings. The third-order valence-electron chi connectivity index (χ3n) is 10.4. The zero-order chi connectivity index (χ0) is 31.4. The third kappa shape index (κ3) is 37.4. The van der Waals surface area contributed by atoms with Gasteiger partial charge in [0.2, 0.25) is 0 Å². The molecule has 0 aromatic carbocycles. The Morgan fingerprint density at radius 2 is 0.356 bits per heavy atom. The zero-order valence-corrected chi connectivity index (χ0v) is 34.1. The second-order valence-electron chi connectivity index (χ2n) is 14.8. The van der Waals surface area contributed by atoms with Gasteiger partial charge >= 0.3 is 0 Å². The fourth-order valence-electron chi connectivity index (χ4n) is 7.35. The topological polar surface area (TPSA) is 35.0 Å². The molecule has 0 aliphatic heterocycles. The lowest BCUT2D eigenvalue weighted by molar-refractivity contribution is 0.531. The van der Waals surface area contributed by atoms with Crippen molar-refractivity contribution in [3.8, 4) is 0 Å². The van der Waals surface area contributed by atoms with Crippen LogP contribution in [-0.2, 0) is 0 Å². The third-order valence-corrected chi connectivity index (χ3v) is 15.5. The van der Waals surface area contributed by atoms with Crippen LogP contribution in [0.1, 0.15) is 246 Å². The molecule has 0 spiro atoms. The molecule has 0 amide bonds. The highest BCUT2D eigenvalue weighted by atomic mass is 35.5. The zero-order valence-electron chi connectivity index (χ0n) is 32.4. The van der Waals surface area contributed by atoms with Gasteiger partial charge in [-0.1, -0.05) is 195 Å². The van der Waals surface area contributed by atoms with Crippen molar-refractivity contribution in [1.29, 1.82) is 0 Å². The van der Waals surface area contributed by atoms with Crippen LogP contribution in [0.4, 0.5) is 0 Å².